The molecule has 1 atom stereocenters. The van der Waals surface area contributed by atoms with Gasteiger partial charge in [-0.2, -0.15) is 0 Å². The summed E-state index contributed by atoms with van der Waals surface area (Å²) in [4.78, 5) is 4.28. The summed E-state index contributed by atoms with van der Waals surface area (Å²) in [5.74, 6) is 0.873. The van der Waals surface area contributed by atoms with Gasteiger partial charge in [-0.15, -0.1) is 0 Å². The van der Waals surface area contributed by atoms with Gasteiger partial charge in [-0.3, -0.25) is 0 Å². The van der Waals surface area contributed by atoms with E-state index in [1.54, 1.807) is 6.07 Å². The monoisotopic (exact) mass is 206 g/mol. The number of nitrogens with two attached hydrogens (primary N) is 1. The van der Waals surface area contributed by atoms with Gasteiger partial charge in [0, 0.05) is 16.6 Å². The van der Waals surface area contributed by atoms with Crippen molar-refractivity contribution < 1.29 is 0 Å². The van der Waals surface area contributed by atoms with Crippen molar-refractivity contribution >= 4 is 17.4 Å². The van der Waals surface area contributed by atoms with Crippen LogP contribution in [0.1, 0.15) is 18.0 Å². The number of nitrogens with zero attached hydrogens (tertiary/aromatic N) is 1. The van der Waals surface area contributed by atoms with E-state index in [9.17, 15) is 0 Å². The molecule has 1 unspecified atom stereocenters. The molecule has 0 aromatic carbocycles. The molecule has 0 fully saturated rings. The van der Waals surface area contributed by atoms with Crippen molar-refractivity contribution in [3.63, 3.8) is 0 Å². The molecule has 2 N–H and O–H groups in total. The number of pyridine rings is 1. The van der Waals surface area contributed by atoms with E-state index in [4.69, 9.17) is 17.3 Å². The number of anilines is 1. The van der Waals surface area contributed by atoms with Crippen LogP contribution >= 0.6 is 11.6 Å². The van der Waals surface area contributed by atoms with Crippen LogP contribution in [0.5, 0.6) is 0 Å². The van der Waals surface area contributed by atoms with Crippen molar-refractivity contribution in [1.82, 2.24) is 4.98 Å². The zero-order valence-electron chi connectivity index (χ0n) is 7.65. The third-order valence-electron chi connectivity index (χ3n) is 2.23. The minimum absolute atomic E-state index is 0.306. The highest BCUT2D eigenvalue weighted by molar-refractivity contribution is 6.31. The minimum atomic E-state index is 0.306. The van der Waals surface area contributed by atoms with E-state index in [1.165, 1.54) is 0 Å². The van der Waals surface area contributed by atoms with Crippen LogP contribution in [0.15, 0.2) is 41.5 Å². The van der Waals surface area contributed by atoms with Gasteiger partial charge in [-0.05, 0) is 24.6 Å². The lowest BCUT2D eigenvalue weighted by molar-refractivity contribution is 0.816. The molecule has 1 aliphatic rings. The van der Waals surface area contributed by atoms with Gasteiger partial charge in [0.15, 0.2) is 0 Å². The molecule has 0 radical (unpaired) electrons. The molecule has 1 aromatic rings. The van der Waals surface area contributed by atoms with Crippen LogP contribution in [-0.4, -0.2) is 4.98 Å². The maximum atomic E-state index is 5.83. The van der Waals surface area contributed by atoms with Crippen molar-refractivity contribution in [3.05, 3.63) is 47.2 Å². The first-order chi connectivity index (χ1) is 6.75. The predicted molar refractivity (Wildman–Crippen MR) is 59.1 cm³/mol. The number of hydrogen-bond donors (Lipinski definition) is 1. The summed E-state index contributed by atoms with van der Waals surface area (Å²) in [7, 11) is 0. The second kappa shape index (κ2) is 3.84. The zero-order chi connectivity index (χ0) is 9.97. The van der Waals surface area contributed by atoms with Crippen LogP contribution in [0.25, 0.3) is 0 Å². The number of aromatic nitrogens is 1. The zero-order valence-corrected chi connectivity index (χ0v) is 8.41. The van der Waals surface area contributed by atoms with Crippen molar-refractivity contribution in [1.29, 1.82) is 0 Å². The SMILES string of the molecule is Nc1cccc(C2C=CC(Cl)=CC2)n1. The quantitative estimate of drug-likeness (QED) is 0.768. The summed E-state index contributed by atoms with van der Waals surface area (Å²) >= 11 is 5.83. The van der Waals surface area contributed by atoms with E-state index in [0.717, 1.165) is 17.1 Å². The molecule has 3 heteroatoms. The Bertz CT molecular complexity index is 396. The number of halogens is 1. The fraction of sp³-hybridized carbons (Fsp3) is 0.182. The molecule has 72 valence electrons. The van der Waals surface area contributed by atoms with Crippen LogP contribution < -0.4 is 5.73 Å². The van der Waals surface area contributed by atoms with Crippen LogP contribution in [0, 0.1) is 0 Å². The lowest BCUT2D eigenvalue weighted by atomic mass is 9.97. The van der Waals surface area contributed by atoms with Gasteiger partial charge in [0.1, 0.15) is 5.82 Å². The highest BCUT2D eigenvalue weighted by Gasteiger charge is 2.11. The third kappa shape index (κ3) is 1.96. The van der Waals surface area contributed by atoms with Gasteiger partial charge in [-0.25, -0.2) is 4.98 Å². The first-order valence-corrected chi connectivity index (χ1v) is 4.90. The van der Waals surface area contributed by atoms with Crippen molar-refractivity contribution in [2.45, 2.75) is 12.3 Å². The van der Waals surface area contributed by atoms with E-state index < -0.39 is 0 Å². The van der Waals surface area contributed by atoms with E-state index in [2.05, 4.69) is 11.1 Å². The highest BCUT2D eigenvalue weighted by atomic mass is 35.5. The second-order valence-corrected chi connectivity index (χ2v) is 3.71. The molecule has 2 rings (SSSR count). The molecule has 0 amide bonds. The maximum absolute atomic E-state index is 5.83. The summed E-state index contributed by atoms with van der Waals surface area (Å²) in [5, 5.41) is 0.796. The fourth-order valence-electron chi connectivity index (χ4n) is 1.49. The Morgan fingerprint density at radius 2 is 2.29 bits per heavy atom. The summed E-state index contributed by atoms with van der Waals surface area (Å²) in [5.41, 5.74) is 6.62. The van der Waals surface area contributed by atoms with Crippen LogP contribution in [-0.2, 0) is 0 Å². The molecule has 2 nitrogen and oxygen atoms in total. The average Bonchev–Trinajstić information content (AvgIpc) is 2.19. The topological polar surface area (TPSA) is 38.9 Å². The number of nitrogen functional groups attached to an aromatic ring is 1. The summed E-state index contributed by atoms with van der Waals surface area (Å²) < 4.78 is 0. The van der Waals surface area contributed by atoms with E-state index >= 15 is 0 Å². The summed E-state index contributed by atoms with van der Waals surface area (Å²) in [6.07, 6.45) is 6.85. The van der Waals surface area contributed by atoms with Crippen molar-refractivity contribution in [2.24, 2.45) is 0 Å². The Morgan fingerprint density at radius 3 is 2.93 bits per heavy atom. The van der Waals surface area contributed by atoms with Gasteiger partial charge in [0.2, 0.25) is 0 Å². The van der Waals surface area contributed by atoms with E-state index in [0.29, 0.717) is 11.7 Å². The Labute approximate surface area is 88.1 Å². The molecule has 1 aliphatic carbocycles. The number of rotatable bonds is 1. The molecule has 0 bridgehead atoms. The average molecular weight is 207 g/mol. The second-order valence-electron chi connectivity index (χ2n) is 3.28. The van der Waals surface area contributed by atoms with E-state index in [1.807, 2.05) is 24.3 Å². The Kier molecular flexibility index (Phi) is 2.55. The van der Waals surface area contributed by atoms with Gasteiger partial charge in [0.25, 0.3) is 0 Å². The number of hydrogen-bond acceptors (Lipinski definition) is 2. The van der Waals surface area contributed by atoms with Gasteiger partial charge >= 0.3 is 0 Å². The van der Waals surface area contributed by atoms with Gasteiger partial charge in [0.05, 0.1) is 0 Å². The summed E-state index contributed by atoms with van der Waals surface area (Å²) in [6, 6.07) is 5.70. The lowest BCUT2D eigenvalue weighted by Gasteiger charge is -2.13. The normalized spacial score (nSPS) is 20.6. The Hall–Kier alpha value is -1.28. The number of allylic oxidation sites excluding steroid dienone is 4. The first kappa shape index (κ1) is 9.28. The smallest absolute Gasteiger partial charge is 0.123 e. The van der Waals surface area contributed by atoms with Crippen molar-refractivity contribution in [3.8, 4) is 0 Å². The van der Waals surface area contributed by atoms with Crippen molar-refractivity contribution in [2.75, 3.05) is 5.73 Å². The molecule has 0 saturated heterocycles. The Morgan fingerprint density at radius 1 is 1.43 bits per heavy atom. The molecule has 0 spiro atoms. The highest BCUT2D eigenvalue weighted by Crippen LogP contribution is 2.26. The summed E-state index contributed by atoms with van der Waals surface area (Å²) in [6.45, 7) is 0. The maximum Gasteiger partial charge on any atom is 0.123 e. The molecule has 14 heavy (non-hydrogen) atoms. The molecular weight excluding hydrogens is 196 g/mol. The Balaban J connectivity index is 2.22. The van der Waals surface area contributed by atoms with Crippen LogP contribution in [0.2, 0.25) is 0 Å². The van der Waals surface area contributed by atoms with E-state index in [-0.39, 0.29) is 0 Å². The van der Waals surface area contributed by atoms with Gasteiger partial charge < -0.3 is 5.73 Å². The molecule has 1 heterocycles. The predicted octanol–water partition coefficient (Wildman–Crippen LogP) is 2.83. The lowest BCUT2D eigenvalue weighted by Crippen LogP contribution is -2.02. The molecule has 0 aliphatic heterocycles. The molecule has 1 aromatic heterocycles. The van der Waals surface area contributed by atoms with Crippen LogP contribution in [0.3, 0.4) is 0 Å². The fourth-order valence-corrected chi connectivity index (χ4v) is 1.65. The first-order valence-electron chi connectivity index (χ1n) is 4.52. The molecular formula is C11H11ClN2. The largest absolute Gasteiger partial charge is 0.384 e. The third-order valence-corrected chi connectivity index (χ3v) is 2.51. The van der Waals surface area contributed by atoms with Crippen LogP contribution in [0.4, 0.5) is 5.82 Å². The minimum Gasteiger partial charge on any atom is -0.384 e. The standard InChI is InChI=1S/C11H11ClN2/c12-9-6-4-8(5-7-9)10-2-1-3-11(13)14-10/h1-4,6-8H,5H2,(H2,13,14). The van der Waals surface area contributed by atoms with Gasteiger partial charge in [-0.1, -0.05) is 29.8 Å². The molecule has 0 saturated carbocycles.